The van der Waals surface area contributed by atoms with Gasteiger partial charge in [0.05, 0.1) is 82.2 Å². The largest absolute Gasteiger partial charge is 0.444 e. The molecule has 1 aliphatic rings. The number of rotatable bonds is 40. The van der Waals surface area contributed by atoms with Gasteiger partial charge in [-0.2, -0.15) is 0 Å². The Bertz CT molecular complexity index is 2630. The monoisotopic (exact) mass is 1250 g/mol. The lowest BCUT2D eigenvalue weighted by Crippen LogP contribution is -2.52. The Kier molecular flexibility index (Phi) is 31.7. The van der Waals surface area contributed by atoms with Crippen molar-refractivity contribution >= 4 is 53.3 Å². The van der Waals surface area contributed by atoms with Gasteiger partial charge < -0.3 is 64.3 Å². The minimum absolute atomic E-state index is 0.0444. The molecule has 26 heteroatoms. The summed E-state index contributed by atoms with van der Waals surface area (Å²) in [5.74, 6) is -3.87. The zero-order chi connectivity index (χ0) is 64.0. The number of hydrogen-bond acceptors (Lipinski definition) is 17. The first kappa shape index (κ1) is 73.3. The summed E-state index contributed by atoms with van der Waals surface area (Å²) in [6.07, 6.45) is 3.55. The van der Waals surface area contributed by atoms with Crippen LogP contribution in [0.3, 0.4) is 0 Å². The molecule has 4 rings (SSSR count). The number of carbonyl (C=O) groups excluding carboxylic acids is 7. The molecule has 0 saturated carbocycles. The first-order valence-corrected chi connectivity index (χ1v) is 30.7. The molecule has 87 heavy (non-hydrogen) atoms. The summed E-state index contributed by atoms with van der Waals surface area (Å²) < 4.78 is 64.8. The smallest absolute Gasteiger partial charge is 0.408 e. The van der Waals surface area contributed by atoms with Crippen molar-refractivity contribution in [1.29, 1.82) is 0 Å². The summed E-state index contributed by atoms with van der Waals surface area (Å²) in [6.45, 7) is 19.4. The number of alkyl carbamates (subject to hydrolysis) is 1. The molecule has 486 valence electrons. The van der Waals surface area contributed by atoms with Crippen LogP contribution in [0, 0.1) is 17.0 Å². The molecule has 0 spiro atoms. The fourth-order valence-electron chi connectivity index (χ4n) is 8.89. The van der Waals surface area contributed by atoms with Gasteiger partial charge in [-0.15, -0.1) is 11.8 Å². The predicted molar refractivity (Wildman–Crippen MR) is 324 cm³/mol. The molecule has 0 radical (unpaired) electrons. The standard InChI is InChI=1S/C61H93F2N9O14S/c1-59(2,3)54(55-68-48(45-36-44(62)18-19-46(45)63)39-70(55)38-43-16-12-10-13-17-43)71(53(77)41-73)26-20-47(69-58(80)86-61(7,8)9)56(78)67-25-24-66-51(75)40-72-52(76)37-49(57(72)79)87-35-34-84-33-32-83-31-30-82-29-28-81-27-21-50(74)65-23-15-11-14-22-64-42-85-60(4,5)6/h10,12-13,16-19,36,39,47,49,54,64,73H,11,14-15,20-35,37-38,40-42H2,1-9H3,(H,65,74)(H,66,75)(H,67,78)(H,69,80)/t47-,49?,54-/m0/s1. The molecule has 1 saturated heterocycles. The molecule has 0 aliphatic carbocycles. The number of hydrogen-bond donors (Lipinski definition) is 6. The van der Waals surface area contributed by atoms with Crippen LogP contribution in [0.25, 0.3) is 11.3 Å². The second kappa shape index (κ2) is 37.7. The van der Waals surface area contributed by atoms with Gasteiger partial charge in [-0.3, -0.25) is 39.0 Å². The number of halogens is 2. The Morgan fingerprint density at radius 2 is 1.40 bits per heavy atom. The number of aromatic nitrogens is 2. The van der Waals surface area contributed by atoms with Gasteiger partial charge in [-0.1, -0.05) is 57.5 Å². The van der Waals surface area contributed by atoms with Gasteiger partial charge in [0, 0.05) is 63.1 Å². The third kappa shape index (κ3) is 28.3. The summed E-state index contributed by atoms with van der Waals surface area (Å²) in [7, 11) is 0. The first-order valence-electron chi connectivity index (χ1n) is 29.6. The van der Waals surface area contributed by atoms with Crippen molar-refractivity contribution in [3.8, 4) is 11.3 Å². The van der Waals surface area contributed by atoms with Crippen LogP contribution in [0.4, 0.5) is 13.6 Å². The molecule has 7 amide bonds. The van der Waals surface area contributed by atoms with Gasteiger partial charge in [-0.25, -0.2) is 18.6 Å². The number of imide groups is 1. The van der Waals surface area contributed by atoms with Crippen molar-refractivity contribution in [2.24, 2.45) is 5.41 Å². The molecule has 0 bridgehead atoms. The molecule has 6 N–H and O–H groups in total. The van der Waals surface area contributed by atoms with Crippen LogP contribution in [0.5, 0.6) is 0 Å². The molecular weight excluding hydrogens is 1150 g/mol. The van der Waals surface area contributed by atoms with Crippen LogP contribution in [0.2, 0.25) is 0 Å². The van der Waals surface area contributed by atoms with E-state index in [-0.39, 0.29) is 74.0 Å². The van der Waals surface area contributed by atoms with E-state index in [9.17, 15) is 43.1 Å². The van der Waals surface area contributed by atoms with Gasteiger partial charge in [-0.05, 0) is 96.5 Å². The maximum absolute atomic E-state index is 15.3. The van der Waals surface area contributed by atoms with Crippen LogP contribution in [0.15, 0.2) is 54.7 Å². The van der Waals surface area contributed by atoms with Gasteiger partial charge in [0.1, 0.15) is 42.3 Å². The van der Waals surface area contributed by atoms with E-state index < -0.39 is 88.8 Å². The Morgan fingerprint density at radius 1 is 0.770 bits per heavy atom. The third-order valence-corrected chi connectivity index (χ3v) is 14.2. The van der Waals surface area contributed by atoms with E-state index in [1.807, 2.05) is 71.9 Å². The number of benzene rings is 2. The topological polar surface area (TPSA) is 280 Å². The molecule has 2 heterocycles. The highest BCUT2D eigenvalue weighted by Gasteiger charge is 2.41. The molecule has 1 fully saturated rings. The number of amides is 7. The Labute approximate surface area is 514 Å². The van der Waals surface area contributed by atoms with Gasteiger partial charge >= 0.3 is 6.09 Å². The van der Waals surface area contributed by atoms with Crippen molar-refractivity contribution < 1.29 is 75.9 Å². The lowest BCUT2D eigenvalue weighted by Gasteiger charge is -2.40. The van der Waals surface area contributed by atoms with Crippen LogP contribution in [-0.4, -0.2) is 200 Å². The summed E-state index contributed by atoms with van der Waals surface area (Å²) >= 11 is 1.25. The third-order valence-electron chi connectivity index (χ3n) is 13.1. The zero-order valence-corrected chi connectivity index (χ0v) is 52.9. The number of aliphatic hydroxyl groups is 1. The van der Waals surface area contributed by atoms with Gasteiger partial charge in [0.2, 0.25) is 35.4 Å². The van der Waals surface area contributed by atoms with E-state index in [1.54, 1.807) is 31.5 Å². The van der Waals surface area contributed by atoms with Gasteiger partial charge in [0.25, 0.3) is 0 Å². The number of unbranched alkanes of at least 4 members (excludes halogenated alkanes) is 2. The van der Waals surface area contributed by atoms with E-state index in [0.717, 1.165) is 54.5 Å². The van der Waals surface area contributed by atoms with E-state index in [1.165, 1.54) is 16.7 Å². The maximum Gasteiger partial charge on any atom is 0.408 e. The molecule has 23 nitrogen and oxygen atoms in total. The number of likely N-dealkylation sites (tertiary alicyclic amines) is 1. The van der Waals surface area contributed by atoms with Crippen molar-refractivity contribution in [3.63, 3.8) is 0 Å². The average molecular weight is 1250 g/mol. The normalized spacial score (nSPS) is 14.4. The van der Waals surface area contributed by atoms with E-state index in [0.29, 0.717) is 71.9 Å². The number of nitrogens with zero attached hydrogens (tertiary/aromatic N) is 4. The molecule has 3 aromatic rings. The molecule has 1 aromatic heterocycles. The molecule has 2 aromatic carbocycles. The number of carbonyl (C=O) groups is 7. The summed E-state index contributed by atoms with van der Waals surface area (Å²) in [5, 5.41) is 23.7. The highest BCUT2D eigenvalue weighted by atomic mass is 32.2. The Balaban J connectivity index is 1.17. The predicted octanol–water partition coefficient (Wildman–Crippen LogP) is 5.27. The minimum Gasteiger partial charge on any atom is -0.444 e. The molecule has 1 unspecified atom stereocenters. The van der Waals surface area contributed by atoms with Gasteiger partial charge in [0.15, 0.2) is 0 Å². The highest BCUT2D eigenvalue weighted by molar-refractivity contribution is 8.00. The highest BCUT2D eigenvalue weighted by Crippen LogP contribution is 2.40. The van der Waals surface area contributed by atoms with E-state index >= 15 is 4.39 Å². The number of ether oxygens (including phenoxy) is 6. The number of imidazole rings is 1. The SMILES string of the molecule is CC(C)(C)OCNCCCCCNC(=O)CCOCCOCCOCCOCCSC1CC(=O)N(CC(=O)NCCNC(=O)[C@H](CCN(C(=O)CO)[C@@H](c2nc(-c3cc(F)ccc3F)cn2Cc2ccccc2)C(C)(C)C)NC(=O)OC(C)(C)C)C1=O. The fourth-order valence-corrected chi connectivity index (χ4v) is 9.92. The lowest BCUT2D eigenvalue weighted by atomic mass is 9.84. The number of aliphatic hydroxyl groups excluding tert-OH is 1. The van der Waals surface area contributed by atoms with Crippen molar-refractivity contribution in [2.75, 3.05) is 111 Å². The second-order valence-corrected chi connectivity index (χ2v) is 25.1. The lowest BCUT2D eigenvalue weighted by molar-refractivity contribution is -0.142. The van der Waals surface area contributed by atoms with Crippen molar-refractivity contribution in [2.45, 2.75) is 136 Å². The molecule has 1 aliphatic heterocycles. The average Bonchev–Trinajstić information content (AvgIpc) is 1.75. The summed E-state index contributed by atoms with van der Waals surface area (Å²) in [5.41, 5.74) is -1.13. The number of thioether (sulfide) groups is 1. The van der Waals surface area contributed by atoms with Crippen LogP contribution >= 0.6 is 11.8 Å². The van der Waals surface area contributed by atoms with E-state index in [4.69, 9.17) is 33.4 Å². The first-order chi connectivity index (χ1) is 41.3. The molecular formula is C61H93F2N9O14S. The fraction of sp³-hybridized carbons (Fsp3) is 0.639. The quantitative estimate of drug-likeness (QED) is 0.0240. The summed E-state index contributed by atoms with van der Waals surface area (Å²) in [6, 6.07) is 10.0. The van der Waals surface area contributed by atoms with Crippen LogP contribution in [0.1, 0.15) is 118 Å². The van der Waals surface area contributed by atoms with Crippen LogP contribution < -0.4 is 26.6 Å². The number of nitrogens with one attached hydrogen (secondary N) is 5. The maximum atomic E-state index is 15.3. The van der Waals surface area contributed by atoms with Crippen molar-refractivity contribution in [1.82, 2.24) is 45.9 Å². The molecule has 3 atom stereocenters. The Morgan fingerprint density at radius 3 is 2.05 bits per heavy atom. The van der Waals surface area contributed by atoms with E-state index in [2.05, 4.69) is 26.6 Å². The second-order valence-electron chi connectivity index (χ2n) is 23.8. The summed E-state index contributed by atoms with van der Waals surface area (Å²) in [4.78, 5) is 99.1. The van der Waals surface area contributed by atoms with Crippen molar-refractivity contribution in [3.05, 3.63) is 77.8 Å². The zero-order valence-electron chi connectivity index (χ0n) is 52.1. The van der Waals surface area contributed by atoms with Crippen LogP contribution in [-0.2, 0) is 63.7 Å². The Hall–Kier alpha value is -6.13. The minimum atomic E-state index is -1.33.